The van der Waals surface area contributed by atoms with Crippen LogP contribution in [0.25, 0.3) is 0 Å². The van der Waals surface area contributed by atoms with Gasteiger partial charge in [-0.3, -0.25) is 4.79 Å². The van der Waals surface area contributed by atoms with Crippen molar-refractivity contribution < 1.29 is 19.1 Å². The number of carboxylic acid groups (broad SMARTS) is 1. The van der Waals surface area contributed by atoms with Crippen LogP contribution in [0.5, 0.6) is 0 Å². The zero-order valence-electron chi connectivity index (χ0n) is 6.45. The minimum Gasteiger partial charge on any atom is -0.478 e. The Balaban J connectivity index is 3.27. The van der Waals surface area contributed by atoms with Crippen LogP contribution in [0.1, 0.15) is 20.7 Å². The van der Waals surface area contributed by atoms with Gasteiger partial charge in [-0.05, 0) is 18.2 Å². The van der Waals surface area contributed by atoms with Crippen molar-refractivity contribution in [2.24, 2.45) is 5.73 Å². The molecule has 5 heteroatoms. The fourth-order valence-electron chi connectivity index (χ4n) is 0.842. The summed E-state index contributed by atoms with van der Waals surface area (Å²) in [6, 6.07) is 2.92. The first-order valence-electron chi connectivity index (χ1n) is 3.35. The molecule has 3 N–H and O–H groups in total. The number of carbonyl (C=O) groups is 2. The molecule has 1 aromatic rings. The highest BCUT2D eigenvalue weighted by molar-refractivity contribution is 5.96. The van der Waals surface area contributed by atoms with Crippen LogP contribution in [0, 0.1) is 5.82 Å². The molecule has 0 radical (unpaired) electrons. The van der Waals surface area contributed by atoms with Crippen molar-refractivity contribution >= 4 is 11.9 Å². The lowest BCUT2D eigenvalue weighted by atomic mass is 10.1. The molecule has 1 amide bonds. The van der Waals surface area contributed by atoms with Crippen LogP contribution in [0.15, 0.2) is 18.2 Å². The number of benzene rings is 1. The molecular formula is C8H6FNO3. The van der Waals surface area contributed by atoms with Crippen LogP contribution < -0.4 is 5.73 Å². The summed E-state index contributed by atoms with van der Waals surface area (Å²) in [5.74, 6) is -3.11. The number of carbonyl (C=O) groups excluding carboxylic acids is 1. The molecule has 0 atom stereocenters. The second-order valence-electron chi connectivity index (χ2n) is 2.36. The number of amides is 1. The topological polar surface area (TPSA) is 80.4 Å². The molecule has 0 heterocycles. The highest BCUT2D eigenvalue weighted by Crippen LogP contribution is 2.09. The molecule has 1 aromatic carbocycles. The van der Waals surface area contributed by atoms with E-state index in [0.29, 0.717) is 0 Å². The first kappa shape index (κ1) is 9.18. The maximum Gasteiger partial charge on any atom is 0.338 e. The summed E-state index contributed by atoms with van der Waals surface area (Å²) < 4.78 is 12.8. The molecule has 0 saturated heterocycles. The lowest BCUT2D eigenvalue weighted by molar-refractivity contribution is 0.0692. The van der Waals surface area contributed by atoms with Crippen LogP contribution in [0.3, 0.4) is 0 Å². The van der Waals surface area contributed by atoms with Crippen LogP contribution in [-0.4, -0.2) is 17.0 Å². The van der Waals surface area contributed by atoms with Crippen molar-refractivity contribution in [3.63, 3.8) is 0 Å². The second-order valence-corrected chi connectivity index (χ2v) is 2.36. The molecule has 0 aromatic heterocycles. The van der Waals surface area contributed by atoms with Gasteiger partial charge in [0.2, 0.25) is 5.91 Å². The van der Waals surface area contributed by atoms with E-state index in [1.807, 2.05) is 0 Å². The number of nitrogens with two attached hydrogens (primary N) is 1. The first-order valence-corrected chi connectivity index (χ1v) is 3.35. The van der Waals surface area contributed by atoms with Gasteiger partial charge in [-0.2, -0.15) is 0 Å². The standard InChI is InChI=1S/C8H6FNO3/c9-6-2-1-4(7(10)11)3-5(6)8(12)13/h1-3H,(H2,10,11)(H,12,13). The fourth-order valence-corrected chi connectivity index (χ4v) is 0.842. The molecule has 0 aliphatic heterocycles. The molecular weight excluding hydrogens is 177 g/mol. The molecule has 68 valence electrons. The van der Waals surface area contributed by atoms with Gasteiger partial charge in [0.1, 0.15) is 5.82 Å². The van der Waals surface area contributed by atoms with Crippen LogP contribution >= 0.6 is 0 Å². The van der Waals surface area contributed by atoms with E-state index in [9.17, 15) is 14.0 Å². The van der Waals surface area contributed by atoms with Gasteiger partial charge in [-0.15, -0.1) is 0 Å². The second kappa shape index (κ2) is 3.22. The van der Waals surface area contributed by atoms with Gasteiger partial charge in [-0.1, -0.05) is 0 Å². The summed E-state index contributed by atoms with van der Waals surface area (Å²) in [5.41, 5.74) is 4.29. The first-order chi connectivity index (χ1) is 6.02. The quantitative estimate of drug-likeness (QED) is 0.705. The average Bonchev–Trinajstić information content (AvgIpc) is 2.04. The highest BCUT2D eigenvalue weighted by atomic mass is 19.1. The Labute approximate surface area is 72.8 Å². The van der Waals surface area contributed by atoms with E-state index in [1.54, 1.807) is 0 Å². The van der Waals surface area contributed by atoms with Crippen molar-refractivity contribution in [3.05, 3.63) is 35.1 Å². The maximum atomic E-state index is 12.8. The van der Waals surface area contributed by atoms with Gasteiger partial charge in [-0.25, -0.2) is 9.18 Å². The summed E-state index contributed by atoms with van der Waals surface area (Å²) in [6.07, 6.45) is 0. The Morgan fingerprint density at radius 3 is 2.46 bits per heavy atom. The third kappa shape index (κ3) is 1.81. The number of hydrogen-bond donors (Lipinski definition) is 2. The van der Waals surface area contributed by atoms with Crippen LogP contribution in [0.2, 0.25) is 0 Å². The van der Waals surface area contributed by atoms with Crippen molar-refractivity contribution in [2.75, 3.05) is 0 Å². The maximum absolute atomic E-state index is 12.8. The summed E-state index contributed by atoms with van der Waals surface area (Å²) in [7, 11) is 0. The molecule has 1 rings (SSSR count). The Kier molecular flexibility index (Phi) is 2.27. The van der Waals surface area contributed by atoms with E-state index < -0.39 is 23.3 Å². The van der Waals surface area contributed by atoms with Crippen LogP contribution in [0.4, 0.5) is 4.39 Å². The SMILES string of the molecule is NC(=O)c1ccc(F)c(C(=O)O)c1. The summed E-state index contributed by atoms with van der Waals surface area (Å²) >= 11 is 0. The van der Waals surface area contributed by atoms with E-state index in [1.165, 1.54) is 0 Å². The third-order valence-electron chi connectivity index (χ3n) is 1.48. The Hall–Kier alpha value is -1.91. The summed E-state index contributed by atoms with van der Waals surface area (Å²) in [6.45, 7) is 0. The fraction of sp³-hybridized carbons (Fsp3) is 0. The highest BCUT2D eigenvalue weighted by Gasteiger charge is 2.12. The van der Waals surface area contributed by atoms with Gasteiger partial charge in [0.25, 0.3) is 0 Å². The van der Waals surface area contributed by atoms with Gasteiger partial charge in [0, 0.05) is 5.56 Å². The number of primary amides is 1. The molecule has 4 nitrogen and oxygen atoms in total. The van der Waals surface area contributed by atoms with Gasteiger partial charge in [0.15, 0.2) is 0 Å². The lowest BCUT2D eigenvalue weighted by Crippen LogP contribution is -2.12. The third-order valence-corrected chi connectivity index (χ3v) is 1.48. The van der Waals surface area contributed by atoms with E-state index in [4.69, 9.17) is 10.8 Å². The van der Waals surface area contributed by atoms with Crippen LogP contribution in [-0.2, 0) is 0 Å². The van der Waals surface area contributed by atoms with Gasteiger partial charge < -0.3 is 10.8 Å². The number of aromatic carboxylic acids is 1. The molecule has 0 unspecified atom stereocenters. The molecule has 0 aliphatic rings. The average molecular weight is 183 g/mol. The van der Waals surface area contributed by atoms with Gasteiger partial charge in [0.05, 0.1) is 5.56 Å². The van der Waals surface area contributed by atoms with E-state index >= 15 is 0 Å². The Bertz CT molecular complexity index is 376. The number of hydrogen-bond acceptors (Lipinski definition) is 2. The normalized spacial score (nSPS) is 9.62. The van der Waals surface area contributed by atoms with Crippen molar-refractivity contribution in [3.8, 4) is 0 Å². The zero-order chi connectivity index (χ0) is 10.0. The number of rotatable bonds is 2. The predicted molar refractivity (Wildman–Crippen MR) is 41.9 cm³/mol. The van der Waals surface area contributed by atoms with Crippen molar-refractivity contribution in [2.45, 2.75) is 0 Å². The predicted octanol–water partition coefficient (Wildman–Crippen LogP) is 0.623. The Morgan fingerprint density at radius 2 is 2.00 bits per heavy atom. The Morgan fingerprint density at radius 1 is 1.38 bits per heavy atom. The largest absolute Gasteiger partial charge is 0.478 e. The zero-order valence-corrected chi connectivity index (χ0v) is 6.45. The lowest BCUT2D eigenvalue weighted by Gasteiger charge is -1.99. The monoisotopic (exact) mass is 183 g/mol. The minimum absolute atomic E-state index is 0.0289. The molecule has 13 heavy (non-hydrogen) atoms. The smallest absolute Gasteiger partial charge is 0.338 e. The number of halogens is 1. The molecule has 0 bridgehead atoms. The molecule has 0 fully saturated rings. The summed E-state index contributed by atoms with van der Waals surface area (Å²) in [5, 5.41) is 8.48. The van der Waals surface area contributed by atoms with Crippen molar-refractivity contribution in [1.29, 1.82) is 0 Å². The summed E-state index contributed by atoms with van der Waals surface area (Å²) in [4.78, 5) is 21.0. The van der Waals surface area contributed by atoms with E-state index in [0.717, 1.165) is 18.2 Å². The molecule has 0 spiro atoms. The molecule has 0 aliphatic carbocycles. The number of carboxylic acids is 1. The van der Waals surface area contributed by atoms with Gasteiger partial charge >= 0.3 is 5.97 Å². The minimum atomic E-state index is -1.43. The van der Waals surface area contributed by atoms with Crippen molar-refractivity contribution in [1.82, 2.24) is 0 Å². The van der Waals surface area contributed by atoms with E-state index in [-0.39, 0.29) is 5.56 Å². The van der Waals surface area contributed by atoms with E-state index in [2.05, 4.69) is 0 Å². The molecule has 0 saturated carbocycles.